The highest BCUT2D eigenvalue weighted by molar-refractivity contribution is 6.30. The van der Waals surface area contributed by atoms with Crippen LogP contribution in [0, 0.1) is 0 Å². The quantitative estimate of drug-likeness (QED) is 0.887. The smallest absolute Gasteiger partial charge is 0.274 e. The molecule has 0 fully saturated rings. The maximum absolute atomic E-state index is 11.8. The molecule has 1 atom stereocenters. The molecular weight excluding hydrogens is 252 g/mol. The molecule has 1 heterocycles. The molecule has 0 bridgehead atoms. The number of nitrogens with zero attached hydrogens (tertiary/aromatic N) is 2. The molecule has 6 heteroatoms. The number of aromatic nitrogens is 3. The molecular formula is C12H13ClN4O. The summed E-state index contributed by atoms with van der Waals surface area (Å²) < 4.78 is 0. The largest absolute Gasteiger partial charge is 0.322 e. The Morgan fingerprint density at radius 3 is 2.83 bits per heavy atom. The molecule has 0 spiro atoms. The topological polar surface area (TPSA) is 84.7 Å². The van der Waals surface area contributed by atoms with Crippen molar-refractivity contribution in [3.8, 4) is 11.4 Å². The Hall–Kier alpha value is -1.72. The van der Waals surface area contributed by atoms with E-state index in [1.165, 1.54) is 0 Å². The molecule has 1 aromatic carbocycles. The van der Waals surface area contributed by atoms with Crippen LogP contribution in [0.3, 0.4) is 0 Å². The highest BCUT2D eigenvalue weighted by Gasteiger charge is 2.12. The third kappa shape index (κ3) is 2.57. The Bertz CT molecular complexity index is 611. The van der Waals surface area contributed by atoms with E-state index in [-0.39, 0.29) is 11.3 Å². The molecule has 18 heavy (non-hydrogen) atoms. The Morgan fingerprint density at radius 1 is 1.44 bits per heavy atom. The monoisotopic (exact) mass is 264 g/mol. The second-order valence-corrected chi connectivity index (χ2v) is 4.35. The van der Waals surface area contributed by atoms with Crippen molar-refractivity contribution in [3.63, 3.8) is 0 Å². The molecule has 0 amide bonds. The summed E-state index contributed by atoms with van der Waals surface area (Å²) >= 11 is 5.88. The fourth-order valence-corrected chi connectivity index (χ4v) is 1.74. The molecule has 2 rings (SSSR count). The lowest BCUT2D eigenvalue weighted by Crippen LogP contribution is -2.24. The lowest BCUT2D eigenvalue weighted by molar-refractivity contribution is 0.645. The van der Waals surface area contributed by atoms with Crippen LogP contribution in [0.5, 0.6) is 0 Å². The van der Waals surface area contributed by atoms with Crippen molar-refractivity contribution in [3.05, 3.63) is 45.3 Å². The lowest BCUT2D eigenvalue weighted by Gasteiger charge is -2.06. The molecule has 0 radical (unpaired) electrons. The van der Waals surface area contributed by atoms with Gasteiger partial charge in [0.2, 0.25) is 0 Å². The molecule has 1 aromatic heterocycles. The van der Waals surface area contributed by atoms with E-state index < -0.39 is 6.04 Å². The van der Waals surface area contributed by atoms with Gasteiger partial charge in [-0.3, -0.25) is 4.79 Å². The molecule has 2 aromatic rings. The Balaban J connectivity index is 2.43. The zero-order chi connectivity index (χ0) is 13.1. The highest BCUT2D eigenvalue weighted by Crippen LogP contribution is 2.18. The number of nitrogens with one attached hydrogen (secondary N) is 1. The molecule has 5 nitrogen and oxygen atoms in total. The van der Waals surface area contributed by atoms with Crippen molar-refractivity contribution >= 4 is 11.6 Å². The van der Waals surface area contributed by atoms with Crippen molar-refractivity contribution < 1.29 is 0 Å². The second kappa shape index (κ2) is 5.29. The minimum Gasteiger partial charge on any atom is -0.322 e. The van der Waals surface area contributed by atoms with Gasteiger partial charge in [0.1, 0.15) is 5.69 Å². The number of benzene rings is 1. The summed E-state index contributed by atoms with van der Waals surface area (Å²) in [5.74, 6) is 0.384. The van der Waals surface area contributed by atoms with E-state index in [0.29, 0.717) is 22.8 Å². The van der Waals surface area contributed by atoms with Crippen molar-refractivity contribution in [2.45, 2.75) is 19.4 Å². The van der Waals surface area contributed by atoms with Crippen LogP contribution < -0.4 is 11.3 Å². The van der Waals surface area contributed by atoms with E-state index in [2.05, 4.69) is 15.2 Å². The van der Waals surface area contributed by atoms with Gasteiger partial charge in [0, 0.05) is 10.6 Å². The van der Waals surface area contributed by atoms with Gasteiger partial charge in [0.15, 0.2) is 5.82 Å². The maximum Gasteiger partial charge on any atom is 0.274 e. The van der Waals surface area contributed by atoms with Crippen molar-refractivity contribution in [1.29, 1.82) is 0 Å². The van der Waals surface area contributed by atoms with Crippen LogP contribution in [-0.2, 0) is 0 Å². The molecule has 0 aliphatic rings. The van der Waals surface area contributed by atoms with Crippen LogP contribution >= 0.6 is 11.6 Å². The fourth-order valence-electron chi connectivity index (χ4n) is 1.55. The van der Waals surface area contributed by atoms with E-state index >= 15 is 0 Å². The molecule has 94 valence electrons. The zero-order valence-corrected chi connectivity index (χ0v) is 10.6. The number of nitrogens with two attached hydrogens (primary N) is 1. The Morgan fingerprint density at radius 2 is 2.22 bits per heavy atom. The average molecular weight is 265 g/mol. The average Bonchev–Trinajstić information content (AvgIpc) is 2.37. The van der Waals surface area contributed by atoms with Crippen LogP contribution in [0.25, 0.3) is 11.4 Å². The molecule has 0 aliphatic carbocycles. The summed E-state index contributed by atoms with van der Waals surface area (Å²) in [5.41, 5.74) is 6.42. The summed E-state index contributed by atoms with van der Waals surface area (Å²) in [6.45, 7) is 1.89. The Labute approximate surface area is 109 Å². The fraction of sp³-hybridized carbons (Fsp3) is 0.250. The number of rotatable bonds is 3. The molecule has 0 saturated carbocycles. The Kier molecular flexibility index (Phi) is 3.74. The van der Waals surface area contributed by atoms with Gasteiger partial charge in [-0.05, 0) is 18.6 Å². The van der Waals surface area contributed by atoms with Gasteiger partial charge in [0.05, 0.1) is 6.04 Å². The molecule has 3 N–H and O–H groups in total. The maximum atomic E-state index is 11.8. The van der Waals surface area contributed by atoms with Gasteiger partial charge in [-0.25, -0.2) is 0 Å². The van der Waals surface area contributed by atoms with Crippen molar-refractivity contribution in [2.75, 3.05) is 0 Å². The number of hydrogen-bond donors (Lipinski definition) is 2. The number of hydrogen-bond acceptors (Lipinski definition) is 4. The highest BCUT2D eigenvalue weighted by atomic mass is 35.5. The van der Waals surface area contributed by atoms with E-state index in [1.54, 1.807) is 24.3 Å². The number of halogens is 1. The summed E-state index contributed by atoms with van der Waals surface area (Å²) in [5, 5.41) is 8.44. The van der Waals surface area contributed by atoms with E-state index in [0.717, 1.165) is 0 Å². The van der Waals surface area contributed by atoms with Gasteiger partial charge in [-0.2, -0.15) is 0 Å². The van der Waals surface area contributed by atoms with Gasteiger partial charge >= 0.3 is 0 Å². The minimum absolute atomic E-state index is 0.253. The van der Waals surface area contributed by atoms with Gasteiger partial charge in [-0.15, -0.1) is 10.2 Å². The number of aromatic amines is 1. The third-order valence-electron chi connectivity index (χ3n) is 2.61. The van der Waals surface area contributed by atoms with Crippen LogP contribution in [0.15, 0.2) is 29.1 Å². The first-order chi connectivity index (χ1) is 8.61. The molecule has 1 unspecified atom stereocenters. The first-order valence-corrected chi connectivity index (χ1v) is 5.98. The van der Waals surface area contributed by atoms with E-state index in [9.17, 15) is 4.79 Å². The van der Waals surface area contributed by atoms with Crippen molar-refractivity contribution in [1.82, 2.24) is 15.2 Å². The van der Waals surface area contributed by atoms with Crippen molar-refractivity contribution in [2.24, 2.45) is 5.73 Å². The SMILES string of the molecule is CCC(N)c1nnc(-c2cccc(Cl)c2)[nH]c1=O. The summed E-state index contributed by atoms with van der Waals surface area (Å²) in [4.78, 5) is 14.5. The summed E-state index contributed by atoms with van der Waals surface area (Å²) in [7, 11) is 0. The predicted molar refractivity (Wildman–Crippen MR) is 70.3 cm³/mol. The lowest BCUT2D eigenvalue weighted by atomic mass is 10.2. The van der Waals surface area contributed by atoms with Crippen LogP contribution in [0.1, 0.15) is 25.1 Å². The predicted octanol–water partition coefficient (Wildman–Crippen LogP) is 1.90. The minimum atomic E-state index is -0.394. The van der Waals surface area contributed by atoms with Gasteiger partial charge in [-0.1, -0.05) is 30.7 Å². The van der Waals surface area contributed by atoms with E-state index in [1.807, 2.05) is 6.92 Å². The number of H-pyrrole nitrogens is 1. The second-order valence-electron chi connectivity index (χ2n) is 3.91. The molecule has 0 aliphatic heterocycles. The van der Waals surface area contributed by atoms with Gasteiger partial charge < -0.3 is 10.7 Å². The summed E-state index contributed by atoms with van der Waals surface area (Å²) in [6, 6.07) is 6.64. The van der Waals surface area contributed by atoms with Crippen LogP contribution in [0.2, 0.25) is 5.02 Å². The van der Waals surface area contributed by atoms with E-state index in [4.69, 9.17) is 17.3 Å². The third-order valence-corrected chi connectivity index (χ3v) is 2.85. The first-order valence-electron chi connectivity index (χ1n) is 5.60. The van der Waals surface area contributed by atoms with Crippen LogP contribution in [0.4, 0.5) is 0 Å². The standard InChI is InChI=1S/C12H13ClN4O/c1-2-9(14)10-12(18)15-11(17-16-10)7-4-3-5-8(13)6-7/h3-6,9H,2,14H2,1H3,(H,15,17,18). The van der Waals surface area contributed by atoms with Gasteiger partial charge in [0.25, 0.3) is 5.56 Å². The molecule has 0 saturated heterocycles. The zero-order valence-electron chi connectivity index (χ0n) is 9.85. The first kappa shape index (κ1) is 12.7. The van der Waals surface area contributed by atoms with Crippen LogP contribution in [-0.4, -0.2) is 15.2 Å². The summed E-state index contributed by atoms with van der Waals surface area (Å²) in [6.07, 6.45) is 0.633. The normalized spacial score (nSPS) is 12.4.